The predicted octanol–water partition coefficient (Wildman–Crippen LogP) is 3.62. The van der Waals surface area contributed by atoms with Crippen molar-refractivity contribution in [2.45, 2.75) is 25.7 Å². The van der Waals surface area contributed by atoms with Crippen LogP contribution in [0.4, 0.5) is 0 Å². The normalized spacial score (nSPS) is 12.7. The molecule has 0 radical (unpaired) electrons. The maximum atomic E-state index is 11.3. The first-order valence-electron chi connectivity index (χ1n) is 9.76. The molecule has 0 amide bonds. The molecule has 2 aromatic rings. The van der Waals surface area contributed by atoms with Crippen LogP contribution >= 0.6 is 24.0 Å². The van der Waals surface area contributed by atoms with E-state index in [0.717, 1.165) is 18.9 Å². The summed E-state index contributed by atoms with van der Waals surface area (Å²) in [4.78, 5) is 4.77. The van der Waals surface area contributed by atoms with Crippen molar-refractivity contribution < 1.29 is 8.42 Å². The standard InChI is InChI=1S/C22H31N3O2S.HI/c1-3-23-22(24-15-10-16-28(2,26)27)25-18-21(20-13-8-5-9-14-20)17-19-11-6-4-7-12-19;/h4-9,11-14,21H,3,10,15-18H2,1-2H3,(H2,23,24,25);1H. The largest absolute Gasteiger partial charge is 0.357 e. The van der Waals surface area contributed by atoms with E-state index in [1.165, 1.54) is 17.4 Å². The Morgan fingerprint density at radius 1 is 1.00 bits per heavy atom. The van der Waals surface area contributed by atoms with Crippen LogP contribution in [0.5, 0.6) is 0 Å². The van der Waals surface area contributed by atoms with E-state index in [1.54, 1.807) is 0 Å². The maximum absolute atomic E-state index is 11.3. The van der Waals surface area contributed by atoms with Gasteiger partial charge in [0.25, 0.3) is 0 Å². The Bertz CT molecular complexity index is 828. The van der Waals surface area contributed by atoms with Crippen molar-refractivity contribution in [1.82, 2.24) is 10.6 Å². The Morgan fingerprint density at radius 2 is 1.62 bits per heavy atom. The van der Waals surface area contributed by atoms with Crippen LogP contribution in [0.3, 0.4) is 0 Å². The van der Waals surface area contributed by atoms with Gasteiger partial charge in [-0.25, -0.2) is 8.42 Å². The Labute approximate surface area is 192 Å². The number of aliphatic imine (C=N–C) groups is 1. The first-order chi connectivity index (χ1) is 13.5. The van der Waals surface area contributed by atoms with Crippen LogP contribution in [0.1, 0.15) is 30.4 Å². The van der Waals surface area contributed by atoms with Crippen LogP contribution in [0, 0.1) is 0 Å². The van der Waals surface area contributed by atoms with Crippen LogP contribution in [0.2, 0.25) is 0 Å². The summed E-state index contributed by atoms with van der Waals surface area (Å²) in [6.45, 7) is 4.01. The highest BCUT2D eigenvalue weighted by Gasteiger charge is 2.12. The average molecular weight is 529 g/mol. The number of halogens is 1. The number of nitrogens with zero attached hydrogens (tertiary/aromatic N) is 1. The molecular formula is C22H32IN3O2S. The van der Waals surface area contributed by atoms with E-state index < -0.39 is 9.84 Å². The second-order valence-electron chi connectivity index (χ2n) is 6.93. The van der Waals surface area contributed by atoms with Crippen LogP contribution < -0.4 is 10.6 Å². The molecule has 0 heterocycles. The van der Waals surface area contributed by atoms with Crippen molar-refractivity contribution in [3.63, 3.8) is 0 Å². The van der Waals surface area contributed by atoms with Gasteiger partial charge in [0.2, 0.25) is 0 Å². The molecule has 2 aromatic carbocycles. The van der Waals surface area contributed by atoms with Gasteiger partial charge in [0.05, 0.1) is 5.75 Å². The molecule has 0 aliphatic heterocycles. The zero-order valence-corrected chi connectivity index (χ0v) is 20.3. The Kier molecular flexibility index (Phi) is 11.9. The third-order valence-electron chi connectivity index (χ3n) is 4.39. The van der Waals surface area contributed by atoms with Gasteiger partial charge < -0.3 is 10.6 Å². The van der Waals surface area contributed by atoms with Crippen molar-refractivity contribution >= 4 is 39.8 Å². The van der Waals surface area contributed by atoms with E-state index in [4.69, 9.17) is 4.99 Å². The number of sulfone groups is 1. The quantitative estimate of drug-likeness (QED) is 0.214. The van der Waals surface area contributed by atoms with Crippen LogP contribution in [0.25, 0.3) is 0 Å². The van der Waals surface area contributed by atoms with Crippen LogP contribution in [-0.4, -0.2) is 46.0 Å². The van der Waals surface area contributed by atoms with Crippen molar-refractivity contribution in [1.29, 1.82) is 0 Å². The molecule has 0 aliphatic carbocycles. The van der Waals surface area contributed by atoms with Gasteiger partial charge in [-0.15, -0.1) is 24.0 Å². The molecule has 0 bridgehead atoms. The van der Waals surface area contributed by atoms with E-state index >= 15 is 0 Å². The Morgan fingerprint density at radius 3 is 2.21 bits per heavy atom. The molecule has 0 saturated carbocycles. The molecule has 0 fully saturated rings. The van der Waals surface area contributed by atoms with Gasteiger partial charge in [-0.1, -0.05) is 60.7 Å². The third kappa shape index (κ3) is 10.7. The van der Waals surface area contributed by atoms with Gasteiger partial charge in [-0.3, -0.25) is 4.99 Å². The van der Waals surface area contributed by atoms with Crippen LogP contribution in [0.15, 0.2) is 65.7 Å². The first-order valence-corrected chi connectivity index (χ1v) is 11.8. The minimum absolute atomic E-state index is 0. The predicted molar refractivity (Wildman–Crippen MR) is 133 cm³/mol. The number of hydrogen-bond donors (Lipinski definition) is 2. The van der Waals surface area contributed by atoms with Crippen molar-refractivity contribution in [3.8, 4) is 0 Å². The summed E-state index contributed by atoms with van der Waals surface area (Å²) in [6, 6.07) is 20.9. The van der Waals surface area contributed by atoms with E-state index in [0.29, 0.717) is 19.5 Å². The van der Waals surface area contributed by atoms with Gasteiger partial charge >= 0.3 is 0 Å². The molecule has 0 aromatic heterocycles. The summed E-state index contributed by atoms with van der Waals surface area (Å²) in [7, 11) is -2.93. The van der Waals surface area contributed by atoms with E-state index in [1.807, 2.05) is 19.1 Å². The molecule has 1 atom stereocenters. The highest BCUT2D eigenvalue weighted by molar-refractivity contribution is 14.0. The van der Waals surface area contributed by atoms with Crippen molar-refractivity contribution in [2.75, 3.05) is 31.6 Å². The maximum Gasteiger partial charge on any atom is 0.191 e. The monoisotopic (exact) mass is 529 g/mol. The summed E-state index contributed by atoms with van der Waals surface area (Å²) < 4.78 is 22.5. The van der Waals surface area contributed by atoms with E-state index in [-0.39, 0.29) is 35.6 Å². The van der Waals surface area contributed by atoms with Crippen molar-refractivity contribution in [3.05, 3.63) is 71.8 Å². The fourth-order valence-corrected chi connectivity index (χ4v) is 3.66. The molecule has 160 valence electrons. The smallest absolute Gasteiger partial charge is 0.191 e. The zero-order chi connectivity index (χ0) is 20.2. The molecule has 2 N–H and O–H groups in total. The minimum Gasteiger partial charge on any atom is -0.357 e. The van der Waals surface area contributed by atoms with Gasteiger partial charge in [0, 0.05) is 31.8 Å². The fraction of sp³-hybridized carbons (Fsp3) is 0.409. The number of nitrogens with one attached hydrogen (secondary N) is 2. The summed E-state index contributed by atoms with van der Waals surface area (Å²) in [5.74, 6) is 1.18. The Balaban J connectivity index is 0.00000420. The highest BCUT2D eigenvalue weighted by Crippen LogP contribution is 2.21. The fourth-order valence-electron chi connectivity index (χ4n) is 3.00. The number of benzene rings is 2. The summed E-state index contributed by atoms with van der Waals surface area (Å²) in [5, 5.41) is 6.48. The lowest BCUT2D eigenvalue weighted by Gasteiger charge is -2.17. The van der Waals surface area contributed by atoms with Crippen LogP contribution in [-0.2, 0) is 16.3 Å². The lowest BCUT2D eigenvalue weighted by Crippen LogP contribution is -2.38. The van der Waals surface area contributed by atoms with Gasteiger partial charge in [-0.05, 0) is 30.9 Å². The molecule has 7 heteroatoms. The first kappa shape index (κ1) is 25.4. The van der Waals surface area contributed by atoms with E-state index in [2.05, 4.69) is 59.2 Å². The molecule has 0 aliphatic rings. The van der Waals surface area contributed by atoms with E-state index in [9.17, 15) is 8.42 Å². The molecule has 1 unspecified atom stereocenters. The molecule has 0 saturated heterocycles. The second kappa shape index (κ2) is 13.6. The van der Waals surface area contributed by atoms with Gasteiger partial charge in [-0.2, -0.15) is 0 Å². The zero-order valence-electron chi connectivity index (χ0n) is 17.2. The van der Waals surface area contributed by atoms with Gasteiger partial charge in [0.15, 0.2) is 5.96 Å². The highest BCUT2D eigenvalue weighted by atomic mass is 127. The van der Waals surface area contributed by atoms with Gasteiger partial charge in [0.1, 0.15) is 9.84 Å². The topological polar surface area (TPSA) is 70.6 Å². The third-order valence-corrected chi connectivity index (χ3v) is 5.42. The molecule has 29 heavy (non-hydrogen) atoms. The lowest BCUT2D eigenvalue weighted by molar-refractivity contribution is 0.598. The number of guanidine groups is 1. The summed E-state index contributed by atoms with van der Waals surface area (Å²) in [6.07, 6.45) is 2.75. The second-order valence-corrected chi connectivity index (χ2v) is 9.19. The Hall–Kier alpha value is -1.61. The number of rotatable bonds is 10. The molecular weight excluding hydrogens is 497 g/mol. The lowest BCUT2D eigenvalue weighted by atomic mass is 9.92. The summed E-state index contributed by atoms with van der Waals surface area (Å²) >= 11 is 0. The minimum atomic E-state index is -2.93. The summed E-state index contributed by atoms with van der Waals surface area (Å²) in [5.41, 5.74) is 2.56. The molecule has 5 nitrogen and oxygen atoms in total. The number of hydrogen-bond acceptors (Lipinski definition) is 3. The average Bonchev–Trinajstić information content (AvgIpc) is 2.69. The van der Waals surface area contributed by atoms with Crippen molar-refractivity contribution in [2.24, 2.45) is 4.99 Å². The molecule has 0 spiro atoms. The molecule has 2 rings (SSSR count). The SMILES string of the molecule is CCNC(=NCC(Cc1ccccc1)c1ccccc1)NCCCS(C)(=O)=O.I.